The van der Waals surface area contributed by atoms with Crippen LogP contribution >= 0.6 is 0 Å². The van der Waals surface area contributed by atoms with Gasteiger partial charge in [0.15, 0.2) is 5.96 Å². The van der Waals surface area contributed by atoms with Crippen molar-refractivity contribution in [2.24, 2.45) is 4.99 Å². The topological polar surface area (TPSA) is 46.1 Å². The lowest BCUT2D eigenvalue weighted by Gasteiger charge is -2.34. The number of rotatable bonds is 7. The minimum absolute atomic E-state index is 0.428. The summed E-state index contributed by atoms with van der Waals surface area (Å²) in [5.74, 6) is 1.04. The highest BCUT2D eigenvalue weighted by Crippen LogP contribution is 2.13. The molecule has 1 aliphatic heterocycles. The van der Waals surface area contributed by atoms with Crippen molar-refractivity contribution in [3.63, 3.8) is 0 Å². The zero-order chi connectivity index (χ0) is 13.9. The van der Waals surface area contributed by atoms with Crippen LogP contribution in [0, 0.1) is 0 Å². The summed E-state index contributed by atoms with van der Waals surface area (Å²) in [6.07, 6.45) is 3.59. The molecule has 5 heteroatoms. The molecule has 0 aromatic heterocycles. The number of piperidine rings is 1. The lowest BCUT2D eigenvalue weighted by Crippen LogP contribution is -2.47. The van der Waals surface area contributed by atoms with Gasteiger partial charge < -0.3 is 19.7 Å². The zero-order valence-electron chi connectivity index (χ0n) is 12.7. The SMILES string of the molecule is CCNC(=NCCCOC)N1CCC(OCC)CC1. The molecule has 1 aliphatic rings. The first-order valence-corrected chi connectivity index (χ1v) is 7.45. The molecule has 0 radical (unpaired) electrons. The molecule has 0 spiro atoms. The number of hydrogen-bond acceptors (Lipinski definition) is 3. The Morgan fingerprint density at radius 1 is 1.32 bits per heavy atom. The summed E-state index contributed by atoms with van der Waals surface area (Å²) in [7, 11) is 1.73. The summed E-state index contributed by atoms with van der Waals surface area (Å²) < 4.78 is 10.7. The molecule has 112 valence electrons. The maximum atomic E-state index is 5.68. The third-order valence-corrected chi connectivity index (χ3v) is 3.25. The molecule has 0 aromatic rings. The number of ether oxygens (including phenoxy) is 2. The highest BCUT2D eigenvalue weighted by molar-refractivity contribution is 5.80. The maximum Gasteiger partial charge on any atom is 0.193 e. The first kappa shape index (κ1) is 16.2. The van der Waals surface area contributed by atoms with E-state index in [0.717, 1.165) is 64.6 Å². The predicted octanol–water partition coefficient (Wildman–Crippen LogP) is 1.49. The Hall–Kier alpha value is -0.810. The molecular formula is C14H29N3O2. The molecule has 5 nitrogen and oxygen atoms in total. The Bertz CT molecular complexity index is 251. The number of nitrogens with one attached hydrogen (secondary N) is 1. The smallest absolute Gasteiger partial charge is 0.193 e. The Morgan fingerprint density at radius 2 is 2.05 bits per heavy atom. The van der Waals surface area contributed by atoms with E-state index >= 15 is 0 Å². The fourth-order valence-electron chi connectivity index (χ4n) is 2.29. The summed E-state index contributed by atoms with van der Waals surface area (Å²) in [5, 5.41) is 3.37. The van der Waals surface area contributed by atoms with Crippen LogP contribution in [0.5, 0.6) is 0 Å². The molecule has 19 heavy (non-hydrogen) atoms. The Balaban J connectivity index is 2.39. The third kappa shape index (κ3) is 6.25. The van der Waals surface area contributed by atoms with E-state index in [1.165, 1.54) is 0 Å². The van der Waals surface area contributed by atoms with Gasteiger partial charge in [-0.1, -0.05) is 0 Å². The van der Waals surface area contributed by atoms with Gasteiger partial charge in [0.05, 0.1) is 6.10 Å². The van der Waals surface area contributed by atoms with E-state index in [2.05, 4.69) is 29.1 Å². The van der Waals surface area contributed by atoms with Gasteiger partial charge in [0.2, 0.25) is 0 Å². The minimum Gasteiger partial charge on any atom is -0.385 e. The van der Waals surface area contributed by atoms with Crippen LogP contribution in [0.4, 0.5) is 0 Å². The van der Waals surface area contributed by atoms with Gasteiger partial charge in [-0.15, -0.1) is 0 Å². The molecule has 0 bridgehead atoms. The van der Waals surface area contributed by atoms with Crippen LogP contribution in [0.15, 0.2) is 4.99 Å². The Kier molecular flexibility index (Phi) is 8.58. The normalized spacial score (nSPS) is 17.8. The quantitative estimate of drug-likeness (QED) is 0.433. The number of methoxy groups -OCH3 is 1. The first-order valence-electron chi connectivity index (χ1n) is 7.45. The number of nitrogens with zero attached hydrogens (tertiary/aromatic N) is 2. The highest BCUT2D eigenvalue weighted by Gasteiger charge is 2.21. The molecular weight excluding hydrogens is 242 g/mol. The van der Waals surface area contributed by atoms with Crippen LogP contribution in [0.1, 0.15) is 33.1 Å². The second-order valence-corrected chi connectivity index (χ2v) is 4.72. The predicted molar refractivity (Wildman–Crippen MR) is 78.7 cm³/mol. The monoisotopic (exact) mass is 271 g/mol. The lowest BCUT2D eigenvalue weighted by molar-refractivity contribution is 0.0263. The largest absolute Gasteiger partial charge is 0.385 e. The van der Waals surface area contributed by atoms with Crippen molar-refractivity contribution < 1.29 is 9.47 Å². The summed E-state index contributed by atoms with van der Waals surface area (Å²) in [6, 6.07) is 0. The van der Waals surface area contributed by atoms with Gasteiger partial charge >= 0.3 is 0 Å². The van der Waals surface area contributed by atoms with Crippen molar-refractivity contribution in [3.8, 4) is 0 Å². The molecule has 0 saturated carbocycles. The number of likely N-dealkylation sites (tertiary alicyclic amines) is 1. The second kappa shape index (κ2) is 10.0. The van der Waals surface area contributed by atoms with E-state index in [1.807, 2.05) is 0 Å². The molecule has 0 aromatic carbocycles. The van der Waals surface area contributed by atoms with E-state index in [0.29, 0.717) is 6.10 Å². The van der Waals surface area contributed by atoms with Gasteiger partial charge in [-0.2, -0.15) is 0 Å². The third-order valence-electron chi connectivity index (χ3n) is 3.25. The molecule has 1 N–H and O–H groups in total. The van der Waals surface area contributed by atoms with Gasteiger partial charge in [-0.3, -0.25) is 4.99 Å². The van der Waals surface area contributed by atoms with Gasteiger partial charge in [0.1, 0.15) is 0 Å². The summed E-state index contributed by atoms with van der Waals surface area (Å²) >= 11 is 0. The molecule has 1 heterocycles. The van der Waals surface area contributed by atoms with Crippen molar-refractivity contribution in [1.29, 1.82) is 0 Å². The summed E-state index contributed by atoms with van der Waals surface area (Å²) in [6.45, 7) is 9.55. The lowest BCUT2D eigenvalue weighted by atomic mass is 10.1. The molecule has 0 atom stereocenters. The van der Waals surface area contributed by atoms with E-state index < -0.39 is 0 Å². The van der Waals surface area contributed by atoms with Crippen LogP contribution in [-0.4, -0.2) is 63.5 Å². The van der Waals surface area contributed by atoms with Crippen LogP contribution < -0.4 is 5.32 Å². The fourth-order valence-corrected chi connectivity index (χ4v) is 2.29. The fraction of sp³-hybridized carbons (Fsp3) is 0.929. The van der Waals surface area contributed by atoms with Gasteiger partial charge in [-0.25, -0.2) is 0 Å². The highest BCUT2D eigenvalue weighted by atomic mass is 16.5. The Labute approximate surface area is 117 Å². The average molecular weight is 271 g/mol. The average Bonchev–Trinajstić information content (AvgIpc) is 2.44. The van der Waals surface area contributed by atoms with Crippen LogP contribution in [0.25, 0.3) is 0 Å². The van der Waals surface area contributed by atoms with E-state index in [9.17, 15) is 0 Å². The number of aliphatic imine (C=N–C) groups is 1. The number of hydrogen-bond donors (Lipinski definition) is 1. The van der Waals surface area contributed by atoms with Gasteiger partial charge in [-0.05, 0) is 33.1 Å². The van der Waals surface area contributed by atoms with Gasteiger partial charge in [0, 0.05) is 46.5 Å². The van der Waals surface area contributed by atoms with Crippen molar-refractivity contribution in [2.45, 2.75) is 39.2 Å². The second-order valence-electron chi connectivity index (χ2n) is 4.72. The van der Waals surface area contributed by atoms with E-state index in [1.54, 1.807) is 7.11 Å². The van der Waals surface area contributed by atoms with Crippen LogP contribution in [-0.2, 0) is 9.47 Å². The number of guanidine groups is 1. The zero-order valence-corrected chi connectivity index (χ0v) is 12.7. The van der Waals surface area contributed by atoms with Crippen molar-refractivity contribution >= 4 is 5.96 Å². The molecule has 0 amide bonds. The molecule has 0 aliphatic carbocycles. The maximum absolute atomic E-state index is 5.68. The Morgan fingerprint density at radius 3 is 2.63 bits per heavy atom. The van der Waals surface area contributed by atoms with E-state index in [-0.39, 0.29) is 0 Å². The molecule has 1 saturated heterocycles. The summed E-state index contributed by atoms with van der Waals surface area (Å²) in [5.41, 5.74) is 0. The van der Waals surface area contributed by atoms with Crippen molar-refractivity contribution in [1.82, 2.24) is 10.2 Å². The van der Waals surface area contributed by atoms with Crippen LogP contribution in [0.2, 0.25) is 0 Å². The standard InChI is InChI=1S/C14H29N3O2/c1-4-15-14(16-9-6-12-18-3)17-10-7-13(8-11-17)19-5-2/h13H,4-12H2,1-3H3,(H,15,16). The molecule has 1 rings (SSSR count). The molecule has 0 unspecified atom stereocenters. The molecule has 1 fully saturated rings. The van der Waals surface area contributed by atoms with E-state index in [4.69, 9.17) is 9.47 Å². The van der Waals surface area contributed by atoms with Crippen LogP contribution in [0.3, 0.4) is 0 Å². The first-order chi connectivity index (χ1) is 9.31. The minimum atomic E-state index is 0.428. The van der Waals surface area contributed by atoms with Crippen molar-refractivity contribution in [3.05, 3.63) is 0 Å². The van der Waals surface area contributed by atoms with Crippen molar-refractivity contribution in [2.75, 3.05) is 46.5 Å². The summed E-state index contributed by atoms with van der Waals surface area (Å²) in [4.78, 5) is 7.00. The van der Waals surface area contributed by atoms with Gasteiger partial charge in [0.25, 0.3) is 0 Å².